The van der Waals surface area contributed by atoms with E-state index in [1.54, 1.807) is 25.1 Å². The van der Waals surface area contributed by atoms with Crippen LogP contribution < -0.4 is 11.1 Å². The molecule has 2 aromatic rings. The molecular weight excluding hydrogens is 307 g/mol. The van der Waals surface area contributed by atoms with E-state index in [2.05, 4.69) is 5.32 Å². The number of hydrogen-bond donors (Lipinski definition) is 2. The summed E-state index contributed by atoms with van der Waals surface area (Å²) in [5, 5.41) is 11.4. The molecule has 0 saturated heterocycles. The van der Waals surface area contributed by atoms with Crippen molar-refractivity contribution >= 4 is 17.3 Å². The number of hydrogen-bond acceptors (Lipinski definition) is 3. The second kappa shape index (κ2) is 6.01. The minimum atomic E-state index is -4.65. The summed E-state index contributed by atoms with van der Waals surface area (Å²) in [7, 11) is 0. The topological polar surface area (TPSA) is 78.9 Å². The molecule has 0 unspecified atom stereocenters. The van der Waals surface area contributed by atoms with Gasteiger partial charge in [-0.15, -0.1) is 0 Å². The molecule has 0 aliphatic rings. The summed E-state index contributed by atoms with van der Waals surface area (Å²) in [6, 6.07) is 8.99. The molecule has 0 bridgehead atoms. The highest BCUT2D eigenvalue weighted by atomic mass is 19.4. The summed E-state index contributed by atoms with van der Waals surface area (Å²) in [4.78, 5) is 12.1. The number of halogens is 3. The number of aryl methyl sites for hydroxylation is 1. The van der Waals surface area contributed by atoms with Gasteiger partial charge in [0.05, 0.1) is 17.2 Å². The molecule has 118 valence electrons. The highest BCUT2D eigenvalue weighted by molar-refractivity contribution is 6.04. The van der Waals surface area contributed by atoms with Gasteiger partial charge in [0.15, 0.2) is 0 Å². The zero-order valence-corrected chi connectivity index (χ0v) is 12.0. The first-order chi connectivity index (χ1) is 10.7. The zero-order chi connectivity index (χ0) is 17.2. The van der Waals surface area contributed by atoms with Crippen molar-refractivity contribution in [2.24, 2.45) is 0 Å². The Morgan fingerprint density at radius 3 is 2.48 bits per heavy atom. The number of nitrogen functional groups attached to an aromatic ring is 1. The standard InChI is InChI=1S/C16H12F3N3O/c1-9-2-4-12(7-14(9)21)22-15(23)10-3-5-13(16(17,18)19)11(6-10)8-20/h2-7H,21H2,1H3,(H,22,23). The smallest absolute Gasteiger partial charge is 0.398 e. The quantitative estimate of drug-likeness (QED) is 0.828. The van der Waals surface area contributed by atoms with Crippen molar-refractivity contribution in [2.45, 2.75) is 13.1 Å². The Balaban J connectivity index is 2.30. The second-order valence-electron chi connectivity index (χ2n) is 4.90. The van der Waals surface area contributed by atoms with Crippen LogP contribution >= 0.6 is 0 Å². The molecule has 2 aromatic carbocycles. The van der Waals surface area contributed by atoms with E-state index < -0.39 is 23.2 Å². The molecule has 3 N–H and O–H groups in total. The normalized spacial score (nSPS) is 10.9. The number of rotatable bonds is 2. The minimum Gasteiger partial charge on any atom is -0.398 e. The van der Waals surface area contributed by atoms with Gasteiger partial charge in [-0.1, -0.05) is 6.07 Å². The van der Waals surface area contributed by atoms with E-state index in [0.717, 1.165) is 23.8 Å². The molecule has 23 heavy (non-hydrogen) atoms. The molecule has 0 aromatic heterocycles. The summed E-state index contributed by atoms with van der Waals surface area (Å²) >= 11 is 0. The molecule has 2 rings (SSSR count). The molecule has 0 aliphatic carbocycles. The average molecular weight is 319 g/mol. The number of nitrogens with two attached hydrogens (primary N) is 1. The fourth-order valence-electron chi connectivity index (χ4n) is 1.95. The second-order valence-corrected chi connectivity index (χ2v) is 4.90. The molecule has 4 nitrogen and oxygen atoms in total. The van der Waals surface area contributed by atoms with Gasteiger partial charge < -0.3 is 11.1 Å². The van der Waals surface area contributed by atoms with Gasteiger partial charge in [0, 0.05) is 16.9 Å². The summed E-state index contributed by atoms with van der Waals surface area (Å²) < 4.78 is 38.2. The monoisotopic (exact) mass is 319 g/mol. The van der Waals surface area contributed by atoms with Gasteiger partial charge in [0.1, 0.15) is 0 Å². The van der Waals surface area contributed by atoms with Crippen molar-refractivity contribution in [2.75, 3.05) is 11.1 Å². The maximum atomic E-state index is 12.7. The van der Waals surface area contributed by atoms with E-state index in [0.29, 0.717) is 11.4 Å². The molecule has 0 aliphatic heterocycles. The van der Waals surface area contributed by atoms with Crippen LogP contribution in [0.1, 0.15) is 27.0 Å². The van der Waals surface area contributed by atoms with Gasteiger partial charge in [-0.05, 0) is 42.8 Å². The molecule has 1 amide bonds. The first kappa shape index (κ1) is 16.4. The first-order valence-corrected chi connectivity index (χ1v) is 6.51. The van der Waals surface area contributed by atoms with Crippen molar-refractivity contribution in [3.63, 3.8) is 0 Å². The Labute approximate surface area is 130 Å². The molecule has 0 spiro atoms. The van der Waals surface area contributed by atoms with Gasteiger partial charge >= 0.3 is 6.18 Å². The highest BCUT2D eigenvalue weighted by Gasteiger charge is 2.33. The third-order valence-corrected chi connectivity index (χ3v) is 3.24. The Kier molecular flexibility index (Phi) is 4.27. The van der Waals surface area contributed by atoms with E-state index in [-0.39, 0.29) is 5.56 Å². The highest BCUT2D eigenvalue weighted by Crippen LogP contribution is 2.32. The number of carbonyl (C=O) groups is 1. The van der Waals surface area contributed by atoms with Crippen LogP contribution in [0.5, 0.6) is 0 Å². The summed E-state index contributed by atoms with van der Waals surface area (Å²) in [6.07, 6.45) is -4.65. The maximum Gasteiger partial charge on any atom is 0.417 e. The van der Waals surface area contributed by atoms with E-state index in [1.165, 1.54) is 6.07 Å². The molecular formula is C16H12F3N3O. The van der Waals surface area contributed by atoms with Gasteiger partial charge in [0.25, 0.3) is 5.91 Å². The minimum absolute atomic E-state index is 0.0475. The van der Waals surface area contributed by atoms with E-state index >= 15 is 0 Å². The number of nitrogens with zero attached hydrogens (tertiary/aromatic N) is 1. The van der Waals surface area contributed by atoms with E-state index in [9.17, 15) is 18.0 Å². The predicted molar refractivity (Wildman–Crippen MR) is 79.7 cm³/mol. The predicted octanol–water partition coefficient (Wildman–Crippen LogP) is 3.72. The Bertz CT molecular complexity index is 807. The zero-order valence-electron chi connectivity index (χ0n) is 12.0. The van der Waals surface area contributed by atoms with Crippen LogP contribution in [0.4, 0.5) is 24.5 Å². The van der Waals surface area contributed by atoms with Gasteiger partial charge in [0.2, 0.25) is 0 Å². The molecule has 0 fully saturated rings. The number of anilines is 2. The third-order valence-electron chi connectivity index (χ3n) is 3.24. The van der Waals surface area contributed by atoms with Crippen molar-refractivity contribution in [1.82, 2.24) is 0 Å². The van der Waals surface area contributed by atoms with Crippen LogP contribution in [0.2, 0.25) is 0 Å². The molecule has 7 heteroatoms. The van der Waals surface area contributed by atoms with Gasteiger partial charge in [-0.2, -0.15) is 18.4 Å². The largest absolute Gasteiger partial charge is 0.417 e. The molecule has 0 heterocycles. The maximum absolute atomic E-state index is 12.7. The van der Waals surface area contributed by atoms with Crippen LogP contribution in [0.3, 0.4) is 0 Å². The lowest BCUT2D eigenvalue weighted by atomic mass is 10.0. The van der Waals surface area contributed by atoms with Gasteiger partial charge in [-0.25, -0.2) is 0 Å². The van der Waals surface area contributed by atoms with Crippen LogP contribution in [-0.2, 0) is 6.18 Å². The number of benzene rings is 2. The fraction of sp³-hybridized carbons (Fsp3) is 0.125. The van der Waals surface area contributed by atoms with Crippen molar-refractivity contribution < 1.29 is 18.0 Å². The van der Waals surface area contributed by atoms with E-state index in [1.807, 2.05) is 0 Å². The van der Waals surface area contributed by atoms with Crippen LogP contribution in [0.25, 0.3) is 0 Å². The molecule has 0 saturated carbocycles. The number of amides is 1. The lowest BCUT2D eigenvalue weighted by Crippen LogP contribution is -2.14. The lowest BCUT2D eigenvalue weighted by Gasteiger charge is -2.11. The summed E-state index contributed by atoms with van der Waals surface area (Å²) in [5.41, 5.74) is 5.74. The number of carbonyl (C=O) groups excluding carboxylic acids is 1. The third kappa shape index (κ3) is 3.61. The Hall–Kier alpha value is -3.01. The molecule has 0 atom stereocenters. The Morgan fingerprint density at radius 2 is 1.91 bits per heavy atom. The van der Waals surface area contributed by atoms with Crippen LogP contribution in [-0.4, -0.2) is 5.91 Å². The van der Waals surface area contributed by atoms with E-state index in [4.69, 9.17) is 11.0 Å². The van der Waals surface area contributed by atoms with Crippen LogP contribution in [0.15, 0.2) is 36.4 Å². The lowest BCUT2D eigenvalue weighted by molar-refractivity contribution is -0.137. The number of alkyl halides is 3. The first-order valence-electron chi connectivity index (χ1n) is 6.51. The Morgan fingerprint density at radius 1 is 1.22 bits per heavy atom. The number of nitriles is 1. The van der Waals surface area contributed by atoms with Crippen molar-refractivity contribution in [3.8, 4) is 6.07 Å². The summed E-state index contributed by atoms with van der Waals surface area (Å²) in [6.45, 7) is 1.80. The van der Waals surface area contributed by atoms with Gasteiger partial charge in [-0.3, -0.25) is 4.79 Å². The fourth-order valence-corrected chi connectivity index (χ4v) is 1.95. The average Bonchev–Trinajstić information content (AvgIpc) is 2.49. The number of nitrogens with one attached hydrogen (secondary N) is 1. The van der Waals surface area contributed by atoms with Crippen LogP contribution in [0, 0.1) is 18.3 Å². The SMILES string of the molecule is Cc1ccc(NC(=O)c2ccc(C(F)(F)F)c(C#N)c2)cc1N. The van der Waals surface area contributed by atoms with Crippen molar-refractivity contribution in [3.05, 3.63) is 58.7 Å². The summed E-state index contributed by atoms with van der Waals surface area (Å²) in [5.74, 6) is -0.626. The van der Waals surface area contributed by atoms with Crippen molar-refractivity contribution in [1.29, 1.82) is 5.26 Å². The molecule has 0 radical (unpaired) electrons.